The van der Waals surface area contributed by atoms with E-state index in [4.69, 9.17) is 9.84 Å². The van der Waals surface area contributed by atoms with Crippen molar-refractivity contribution in [1.82, 2.24) is 5.32 Å². The topological polar surface area (TPSA) is 78.8 Å². The van der Waals surface area contributed by atoms with E-state index in [1.165, 1.54) is 12.1 Å². The van der Waals surface area contributed by atoms with Crippen LogP contribution in [-0.2, 0) is 0 Å². The molecular weight excluding hydrogens is 258 g/mol. The summed E-state index contributed by atoms with van der Waals surface area (Å²) in [6.45, 7) is 5.28. The Morgan fingerprint density at radius 2 is 1.85 bits per heavy atom. The molecule has 0 amide bonds. The lowest BCUT2D eigenvalue weighted by atomic mass is 9.94. The molecule has 0 spiro atoms. The molecule has 0 aliphatic rings. The molecule has 0 aliphatic heterocycles. The molecule has 20 heavy (non-hydrogen) atoms. The Morgan fingerprint density at radius 1 is 1.25 bits per heavy atom. The Kier molecular flexibility index (Phi) is 6.48. The van der Waals surface area contributed by atoms with Gasteiger partial charge < -0.3 is 20.3 Å². The molecule has 112 valence electrons. The number of aliphatic hydroxyl groups excluding tert-OH is 1. The molecule has 0 bridgehead atoms. The van der Waals surface area contributed by atoms with E-state index in [0.717, 1.165) is 12.8 Å². The highest BCUT2D eigenvalue weighted by molar-refractivity contribution is 5.87. The van der Waals surface area contributed by atoms with Gasteiger partial charge in [0.15, 0.2) is 0 Å². The Labute approximate surface area is 119 Å². The fourth-order valence-corrected chi connectivity index (χ4v) is 1.96. The summed E-state index contributed by atoms with van der Waals surface area (Å²) >= 11 is 0. The maximum absolute atomic E-state index is 10.7. The minimum Gasteiger partial charge on any atom is -0.492 e. The van der Waals surface area contributed by atoms with Crippen molar-refractivity contribution in [2.24, 2.45) is 0 Å². The highest BCUT2D eigenvalue weighted by atomic mass is 16.5. The molecule has 0 fully saturated rings. The van der Waals surface area contributed by atoms with Gasteiger partial charge in [-0.05, 0) is 37.1 Å². The van der Waals surface area contributed by atoms with Crippen LogP contribution in [0, 0.1) is 0 Å². The molecule has 0 unspecified atom stereocenters. The summed E-state index contributed by atoms with van der Waals surface area (Å²) in [6.07, 6.45) is 1.71. The molecule has 1 rings (SSSR count). The monoisotopic (exact) mass is 281 g/mol. The number of hydrogen-bond acceptors (Lipinski definition) is 4. The lowest BCUT2D eigenvalue weighted by molar-refractivity contribution is 0.0697. The van der Waals surface area contributed by atoms with Gasteiger partial charge in [0.2, 0.25) is 0 Å². The molecule has 5 nitrogen and oxygen atoms in total. The Hall–Kier alpha value is -1.59. The molecule has 1 aromatic carbocycles. The highest BCUT2D eigenvalue weighted by Crippen LogP contribution is 2.14. The van der Waals surface area contributed by atoms with Crippen molar-refractivity contribution in [1.29, 1.82) is 0 Å². The predicted molar refractivity (Wildman–Crippen MR) is 77.3 cm³/mol. The number of carboxylic acids is 1. The predicted octanol–water partition coefficient (Wildman–Crippen LogP) is 1.90. The second kappa shape index (κ2) is 7.87. The maximum Gasteiger partial charge on any atom is 0.335 e. The van der Waals surface area contributed by atoms with Crippen LogP contribution in [0.4, 0.5) is 0 Å². The molecule has 1 aromatic rings. The molecule has 0 heterocycles. The summed E-state index contributed by atoms with van der Waals surface area (Å²) in [5.74, 6) is -0.309. The number of aromatic carboxylic acids is 1. The van der Waals surface area contributed by atoms with Crippen molar-refractivity contribution in [2.45, 2.75) is 32.2 Å². The number of ether oxygens (including phenoxy) is 1. The van der Waals surface area contributed by atoms with Gasteiger partial charge in [-0.2, -0.15) is 0 Å². The Bertz CT molecular complexity index is 404. The number of benzene rings is 1. The van der Waals surface area contributed by atoms with Crippen molar-refractivity contribution in [3.8, 4) is 5.75 Å². The lowest BCUT2D eigenvalue weighted by Crippen LogP contribution is -2.48. The number of carboxylic acid groups (broad SMARTS) is 1. The van der Waals surface area contributed by atoms with Gasteiger partial charge in [-0.3, -0.25) is 0 Å². The molecule has 5 heteroatoms. The summed E-state index contributed by atoms with van der Waals surface area (Å²) in [5.41, 5.74) is 0.00279. The largest absolute Gasteiger partial charge is 0.492 e. The number of aliphatic hydroxyl groups is 1. The quantitative estimate of drug-likeness (QED) is 0.603. The zero-order valence-electron chi connectivity index (χ0n) is 12.1. The maximum atomic E-state index is 10.7. The average molecular weight is 281 g/mol. The first-order valence-corrected chi connectivity index (χ1v) is 6.89. The zero-order valence-corrected chi connectivity index (χ0v) is 12.1. The Balaban J connectivity index is 2.39. The normalized spacial score (nSPS) is 11.3. The van der Waals surface area contributed by atoms with Crippen molar-refractivity contribution >= 4 is 5.97 Å². The van der Waals surface area contributed by atoms with Gasteiger partial charge in [0, 0.05) is 12.1 Å². The summed E-state index contributed by atoms with van der Waals surface area (Å²) in [6, 6.07) is 6.31. The smallest absolute Gasteiger partial charge is 0.335 e. The van der Waals surface area contributed by atoms with Gasteiger partial charge in [-0.1, -0.05) is 13.8 Å². The van der Waals surface area contributed by atoms with Crippen LogP contribution in [0.1, 0.15) is 37.0 Å². The SMILES string of the molecule is CCC(CC)(CO)NCCOc1ccc(C(=O)O)cc1. The van der Waals surface area contributed by atoms with E-state index in [0.29, 0.717) is 18.9 Å². The first kappa shape index (κ1) is 16.5. The van der Waals surface area contributed by atoms with E-state index in [2.05, 4.69) is 5.32 Å². The summed E-state index contributed by atoms with van der Waals surface area (Å²) < 4.78 is 5.53. The van der Waals surface area contributed by atoms with Crippen molar-refractivity contribution in [2.75, 3.05) is 19.8 Å². The van der Waals surface area contributed by atoms with Gasteiger partial charge in [-0.15, -0.1) is 0 Å². The molecule has 0 aliphatic carbocycles. The molecule has 0 saturated heterocycles. The van der Waals surface area contributed by atoms with Crippen LogP contribution in [0.2, 0.25) is 0 Å². The first-order chi connectivity index (χ1) is 9.56. The van der Waals surface area contributed by atoms with Gasteiger partial charge in [0.05, 0.1) is 12.2 Å². The molecule has 3 N–H and O–H groups in total. The van der Waals surface area contributed by atoms with Crippen LogP contribution in [0.15, 0.2) is 24.3 Å². The Morgan fingerprint density at radius 3 is 2.30 bits per heavy atom. The third-order valence-corrected chi connectivity index (χ3v) is 3.63. The third kappa shape index (κ3) is 4.51. The summed E-state index contributed by atoms with van der Waals surface area (Å²) in [4.78, 5) is 10.7. The van der Waals surface area contributed by atoms with Crippen LogP contribution in [0.3, 0.4) is 0 Å². The van der Waals surface area contributed by atoms with Crippen LogP contribution in [0.5, 0.6) is 5.75 Å². The average Bonchev–Trinajstić information content (AvgIpc) is 2.49. The van der Waals surface area contributed by atoms with Gasteiger partial charge in [0.1, 0.15) is 12.4 Å². The minimum absolute atomic E-state index is 0.104. The number of rotatable bonds is 9. The fraction of sp³-hybridized carbons (Fsp3) is 0.533. The number of hydrogen-bond donors (Lipinski definition) is 3. The standard InChI is InChI=1S/C15H23NO4/c1-3-15(4-2,11-17)16-9-10-20-13-7-5-12(6-8-13)14(18)19/h5-8,16-17H,3-4,9-11H2,1-2H3,(H,18,19). The molecule has 0 aromatic heterocycles. The molecule has 0 radical (unpaired) electrons. The molecule has 0 atom stereocenters. The van der Waals surface area contributed by atoms with Crippen molar-refractivity contribution in [3.05, 3.63) is 29.8 Å². The van der Waals surface area contributed by atoms with Gasteiger partial charge in [-0.25, -0.2) is 4.79 Å². The zero-order chi connectivity index (χ0) is 15.0. The van der Waals surface area contributed by atoms with Gasteiger partial charge >= 0.3 is 5.97 Å². The van der Waals surface area contributed by atoms with Crippen LogP contribution in [0.25, 0.3) is 0 Å². The molecule has 0 saturated carbocycles. The summed E-state index contributed by atoms with van der Waals surface area (Å²) in [7, 11) is 0. The van der Waals surface area contributed by atoms with E-state index in [1.807, 2.05) is 13.8 Å². The van der Waals surface area contributed by atoms with E-state index in [-0.39, 0.29) is 17.7 Å². The van der Waals surface area contributed by atoms with Gasteiger partial charge in [0.25, 0.3) is 0 Å². The van der Waals surface area contributed by atoms with Crippen LogP contribution >= 0.6 is 0 Å². The third-order valence-electron chi connectivity index (χ3n) is 3.63. The number of carbonyl (C=O) groups is 1. The second-order valence-electron chi connectivity index (χ2n) is 4.75. The first-order valence-electron chi connectivity index (χ1n) is 6.89. The summed E-state index contributed by atoms with van der Waals surface area (Å²) in [5, 5.41) is 21.5. The molecular formula is C15H23NO4. The van der Waals surface area contributed by atoms with Crippen molar-refractivity contribution in [3.63, 3.8) is 0 Å². The van der Waals surface area contributed by atoms with Crippen molar-refractivity contribution < 1.29 is 19.7 Å². The highest BCUT2D eigenvalue weighted by Gasteiger charge is 2.23. The van der Waals surface area contributed by atoms with E-state index in [1.54, 1.807) is 12.1 Å². The lowest BCUT2D eigenvalue weighted by Gasteiger charge is -2.30. The van der Waals surface area contributed by atoms with Crippen LogP contribution < -0.4 is 10.1 Å². The van der Waals surface area contributed by atoms with Crippen LogP contribution in [-0.4, -0.2) is 41.5 Å². The van der Waals surface area contributed by atoms with E-state index in [9.17, 15) is 9.90 Å². The fourth-order valence-electron chi connectivity index (χ4n) is 1.96. The van der Waals surface area contributed by atoms with E-state index < -0.39 is 5.97 Å². The number of nitrogens with one attached hydrogen (secondary N) is 1. The minimum atomic E-state index is -0.947. The van der Waals surface area contributed by atoms with E-state index >= 15 is 0 Å². The second-order valence-corrected chi connectivity index (χ2v) is 4.75.